The minimum atomic E-state index is 0.711. The van der Waals surface area contributed by atoms with E-state index < -0.39 is 0 Å². The third kappa shape index (κ3) is 1.90. The Morgan fingerprint density at radius 2 is 1.65 bits per heavy atom. The molecule has 0 bridgehead atoms. The first-order chi connectivity index (χ1) is 11.3. The maximum atomic E-state index is 6.43. The Labute approximate surface area is 140 Å². The van der Waals surface area contributed by atoms with Gasteiger partial charge in [-0.05, 0) is 24.3 Å². The minimum absolute atomic E-state index is 0.711. The van der Waals surface area contributed by atoms with Gasteiger partial charge in [0.25, 0.3) is 0 Å². The van der Waals surface area contributed by atoms with Crippen LogP contribution in [0.1, 0.15) is 0 Å². The summed E-state index contributed by atoms with van der Waals surface area (Å²) in [4.78, 5) is 4.78. The minimum Gasteiger partial charge on any atom is -0.456 e. The molecule has 0 aliphatic rings. The Hall–Kier alpha value is -2.36. The van der Waals surface area contributed by atoms with Crippen molar-refractivity contribution < 1.29 is 4.42 Å². The van der Waals surface area contributed by atoms with E-state index in [1.54, 1.807) is 11.3 Å². The summed E-state index contributed by atoms with van der Waals surface area (Å²) >= 11 is 8.10. The van der Waals surface area contributed by atoms with Gasteiger partial charge in [0.1, 0.15) is 16.2 Å². The second-order valence-electron chi connectivity index (χ2n) is 5.39. The monoisotopic (exact) mass is 335 g/mol. The van der Waals surface area contributed by atoms with Gasteiger partial charge in [-0.15, -0.1) is 11.3 Å². The molecule has 0 fully saturated rings. The SMILES string of the molecule is Clc1cccc2oc3ccc4nc(-c5ccccc5)sc4c3c12. The van der Waals surface area contributed by atoms with Gasteiger partial charge in [0.05, 0.1) is 15.2 Å². The van der Waals surface area contributed by atoms with Crippen molar-refractivity contribution in [2.45, 2.75) is 0 Å². The highest BCUT2D eigenvalue weighted by atomic mass is 35.5. The lowest BCUT2D eigenvalue weighted by molar-refractivity contribution is 0.669. The van der Waals surface area contributed by atoms with Crippen molar-refractivity contribution in [3.8, 4) is 10.6 Å². The van der Waals surface area contributed by atoms with E-state index in [2.05, 4.69) is 12.1 Å². The molecule has 0 N–H and O–H groups in total. The van der Waals surface area contributed by atoms with E-state index in [0.29, 0.717) is 5.02 Å². The van der Waals surface area contributed by atoms with Gasteiger partial charge in [0.2, 0.25) is 0 Å². The molecular formula is C19H10ClNOS. The largest absolute Gasteiger partial charge is 0.456 e. The van der Waals surface area contributed by atoms with Gasteiger partial charge < -0.3 is 4.42 Å². The Morgan fingerprint density at radius 3 is 2.52 bits per heavy atom. The molecule has 5 aromatic rings. The second kappa shape index (κ2) is 4.82. The Morgan fingerprint density at radius 1 is 0.826 bits per heavy atom. The lowest BCUT2D eigenvalue weighted by Crippen LogP contribution is -1.73. The van der Waals surface area contributed by atoms with Gasteiger partial charge in [0.15, 0.2) is 0 Å². The molecule has 0 saturated carbocycles. The molecule has 0 aliphatic carbocycles. The van der Waals surface area contributed by atoms with E-state index >= 15 is 0 Å². The zero-order valence-corrected chi connectivity index (χ0v) is 13.5. The fourth-order valence-electron chi connectivity index (χ4n) is 2.95. The normalized spacial score (nSPS) is 11.7. The lowest BCUT2D eigenvalue weighted by Gasteiger charge is -1.93. The summed E-state index contributed by atoms with van der Waals surface area (Å²) in [5, 5.41) is 3.75. The Kier molecular flexibility index (Phi) is 2.75. The van der Waals surface area contributed by atoms with Gasteiger partial charge >= 0.3 is 0 Å². The van der Waals surface area contributed by atoms with Gasteiger partial charge in [-0.3, -0.25) is 0 Å². The summed E-state index contributed by atoms with van der Waals surface area (Å²) in [5.41, 5.74) is 3.77. The summed E-state index contributed by atoms with van der Waals surface area (Å²) in [6.45, 7) is 0. The number of rotatable bonds is 1. The van der Waals surface area contributed by atoms with Crippen molar-refractivity contribution in [3.05, 3.63) is 65.7 Å². The summed E-state index contributed by atoms with van der Waals surface area (Å²) < 4.78 is 7.07. The van der Waals surface area contributed by atoms with Crippen molar-refractivity contribution in [1.82, 2.24) is 4.98 Å². The van der Waals surface area contributed by atoms with Crippen LogP contribution in [-0.2, 0) is 0 Å². The zero-order chi connectivity index (χ0) is 15.4. The molecule has 0 amide bonds. The molecule has 2 heterocycles. The number of aromatic nitrogens is 1. The van der Waals surface area contributed by atoms with E-state index in [9.17, 15) is 0 Å². The zero-order valence-electron chi connectivity index (χ0n) is 11.9. The number of hydrogen-bond acceptors (Lipinski definition) is 3. The van der Waals surface area contributed by atoms with Crippen molar-refractivity contribution in [3.63, 3.8) is 0 Å². The van der Waals surface area contributed by atoms with Crippen LogP contribution < -0.4 is 0 Å². The third-order valence-corrected chi connectivity index (χ3v) is 5.44. The number of benzene rings is 3. The van der Waals surface area contributed by atoms with Crippen LogP contribution in [0.2, 0.25) is 5.02 Å². The van der Waals surface area contributed by atoms with E-state index in [-0.39, 0.29) is 0 Å². The summed E-state index contributed by atoms with van der Waals surface area (Å²) in [6, 6.07) is 20.0. The number of thiazole rings is 1. The van der Waals surface area contributed by atoms with E-state index in [1.165, 1.54) is 0 Å². The summed E-state index contributed by atoms with van der Waals surface area (Å²) in [7, 11) is 0. The highest BCUT2D eigenvalue weighted by Gasteiger charge is 2.16. The smallest absolute Gasteiger partial charge is 0.137 e. The molecule has 2 aromatic heterocycles. The average molecular weight is 336 g/mol. The number of fused-ring (bicyclic) bond motifs is 5. The van der Waals surface area contributed by atoms with Crippen LogP contribution in [0.4, 0.5) is 0 Å². The molecule has 0 unspecified atom stereocenters. The van der Waals surface area contributed by atoms with Crippen molar-refractivity contribution in [2.24, 2.45) is 0 Å². The van der Waals surface area contributed by atoms with Crippen LogP contribution >= 0.6 is 22.9 Å². The summed E-state index contributed by atoms with van der Waals surface area (Å²) in [5.74, 6) is 0. The van der Waals surface area contributed by atoms with Gasteiger partial charge in [-0.25, -0.2) is 4.98 Å². The molecule has 0 spiro atoms. The summed E-state index contributed by atoms with van der Waals surface area (Å²) in [6.07, 6.45) is 0. The van der Waals surface area contributed by atoms with Gasteiger partial charge in [-0.2, -0.15) is 0 Å². The Balaban J connectivity index is 1.92. The van der Waals surface area contributed by atoms with Crippen LogP contribution in [0.3, 0.4) is 0 Å². The van der Waals surface area contributed by atoms with E-state index in [1.807, 2.05) is 48.5 Å². The van der Waals surface area contributed by atoms with Crippen LogP contribution in [0.15, 0.2) is 65.1 Å². The predicted molar refractivity (Wildman–Crippen MR) is 97.3 cm³/mol. The van der Waals surface area contributed by atoms with Crippen LogP contribution in [0, 0.1) is 0 Å². The molecule has 23 heavy (non-hydrogen) atoms. The molecule has 0 saturated heterocycles. The maximum Gasteiger partial charge on any atom is 0.137 e. The van der Waals surface area contributed by atoms with Crippen molar-refractivity contribution in [1.29, 1.82) is 0 Å². The Bertz CT molecular complexity index is 1170. The van der Waals surface area contributed by atoms with Crippen LogP contribution in [-0.4, -0.2) is 4.98 Å². The highest BCUT2D eigenvalue weighted by Crippen LogP contribution is 2.41. The number of furan rings is 1. The first-order valence-electron chi connectivity index (χ1n) is 7.27. The first kappa shape index (κ1) is 13.1. The highest BCUT2D eigenvalue weighted by molar-refractivity contribution is 7.22. The molecule has 5 rings (SSSR count). The predicted octanol–water partition coefficient (Wildman–Crippen LogP) is 6.52. The number of nitrogens with zero attached hydrogens (tertiary/aromatic N) is 1. The first-order valence-corrected chi connectivity index (χ1v) is 8.46. The molecular weight excluding hydrogens is 326 g/mol. The molecule has 0 atom stereocenters. The molecule has 3 aromatic carbocycles. The third-order valence-electron chi connectivity index (χ3n) is 3.99. The molecule has 110 valence electrons. The molecule has 0 radical (unpaired) electrons. The lowest BCUT2D eigenvalue weighted by atomic mass is 10.1. The molecule has 0 aliphatic heterocycles. The molecule has 4 heteroatoms. The van der Waals surface area contributed by atoms with Gasteiger partial charge in [-0.1, -0.05) is 48.0 Å². The van der Waals surface area contributed by atoms with Crippen LogP contribution in [0.5, 0.6) is 0 Å². The number of hydrogen-bond donors (Lipinski definition) is 0. The fourth-order valence-corrected chi connectivity index (χ4v) is 4.32. The maximum absolute atomic E-state index is 6.43. The van der Waals surface area contributed by atoms with Gasteiger partial charge in [0, 0.05) is 16.3 Å². The quantitative estimate of drug-likeness (QED) is 0.348. The van der Waals surface area contributed by atoms with Crippen molar-refractivity contribution in [2.75, 3.05) is 0 Å². The molecule has 2 nitrogen and oxygen atoms in total. The fraction of sp³-hybridized carbons (Fsp3) is 0. The van der Waals surface area contributed by atoms with Crippen molar-refractivity contribution >= 4 is 55.1 Å². The average Bonchev–Trinajstić information content (AvgIpc) is 3.17. The van der Waals surface area contributed by atoms with E-state index in [0.717, 1.165) is 42.7 Å². The topological polar surface area (TPSA) is 26.0 Å². The van der Waals surface area contributed by atoms with Crippen LogP contribution in [0.25, 0.3) is 42.7 Å². The number of halogens is 1. The second-order valence-corrected chi connectivity index (χ2v) is 6.79. The standard InChI is InChI=1S/C19H10ClNOS/c20-12-7-4-8-14-16(12)17-15(22-14)10-9-13-18(17)23-19(21-13)11-5-2-1-3-6-11/h1-10H. The van der Waals surface area contributed by atoms with E-state index in [4.69, 9.17) is 21.0 Å².